The molecule has 2 aromatic rings. The average Bonchev–Trinajstić information content (AvgIpc) is 2.82. The lowest BCUT2D eigenvalue weighted by atomic mass is 9.95. The third-order valence-electron chi connectivity index (χ3n) is 6.72. The fraction of sp³-hybridized carbons (Fsp3) is 0.481. The molecule has 1 aliphatic rings. The van der Waals surface area contributed by atoms with E-state index in [-0.39, 0.29) is 18.5 Å². The molecule has 0 saturated heterocycles. The van der Waals surface area contributed by atoms with Gasteiger partial charge in [-0.25, -0.2) is 8.42 Å². The van der Waals surface area contributed by atoms with E-state index in [0.717, 1.165) is 47.4 Å². The Balaban J connectivity index is 1.90. The Morgan fingerprint density at radius 1 is 1.08 bits per heavy atom. The summed E-state index contributed by atoms with van der Waals surface area (Å²) in [6.45, 7) is 5.07. The molecule has 2 aromatic carbocycles. The molecule has 196 valence electrons. The highest BCUT2D eigenvalue weighted by atomic mass is 35.5. The van der Waals surface area contributed by atoms with Gasteiger partial charge in [-0.15, -0.1) is 0 Å². The van der Waals surface area contributed by atoms with Crippen molar-refractivity contribution >= 4 is 39.1 Å². The predicted molar refractivity (Wildman–Crippen MR) is 145 cm³/mol. The molecular formula is C27H36ClN3O4S. The number of anilines is 1. The molecule has 1 atom stereocenters. The molecule has 0 unspecified atom stereocenters. The highest BCUT2D eigenvalue weighted by Gasteiger charge is 2.31. The third-order valence-corrected chi connectivity index (χ3v) is 8.21. The van der Waals surface area contributed by atoms with Crippen molar-refractivity contribution in [2.75, 3.05) is 17.1 Å². The zero-order chi connectivity index (χ0) is 26.5. The predicted octanol–water partition coefficient (Wildman–Crippen LogP) is 4.59. The molecule has 0 bridgehead atoms. The van der Waals surface area contributed by atoms with Crippen LogP contribution >= 0.6 is 11.6 Å². The van der Waals surface area contributed by atoms with Crippen molar-refractivity contribution < 1.29 is 18.0 Å². The number of hydrogen-bond acceptors (Lipinski definition) is 4. The third kappa shape index (κ3) is 7.23. The minimum atomic E-state index is -3.77. The number of halogens is 1. The number of amides is 2. The molecule has 1 saturated carbocycles. The summed E-state index contributed by atoms with van der Waals surface area (Å²) in [6.07, 6.45) is 6.23. The number of carbonyl (C=O) groups is 2. The van der Waals surface area contributed by atoms with Gasteiger partial charge in [0, 0.05) is 17.6 Å². The van der Waals surface area contributed by atoms with E-state index in [9.17, 15) is 18.0 Å². The van der Waals surface area contributed by atoms with Gasteiger partial charge in [0.15, 0.2) is 0 Å². The molecule has 0 heterocycles. The van der Waals surface area contributed by atoms with Crippen LogP contribution in [0.25, 0.3) is 0 Å². The number of nitrogens with one attached hydrogen (secondary N) is 1. The van der Waals surface area contributed by atoms with Crippen molar-refractivity contribution in [3.63, 3.8) is 0 Å². The van der Waals surface area contributed by atoms with Crippen molar-refractivity contribution in [1.82, 2.24) is 10.2 Å². The quantitative estimate of drug-likeness (QED) is 0.511. The normalized spacial score (nSPS) is 15.2. The molecule has 1 aliphatic carbocycles. The van der Waals surface area contributed by atoms with Crippen LogP contribution in [0.4, 0.5) is 5.69 Å². The topological polar surface area (TPSA) is 86.8 Å². The van der Waals surface area contributed by atoms with Gasteiger partial charge < -0.3 is 10.2 Å². The Morgan fingerprint density at radius 2 is 1.75 bits per heavy atom. The number of benzene rings is 2. The molecule has 36 heavy (non-hydrogen) atoms. The minimum absolute atomic E-state index is 0.0856. The maximum absolute atomic E-state index is 13.7. The van der Waals surface area contributed by atoms with Crippen LogP contribution in [0.15, 0.2) is 42.5 Å². The van der Waals surface area contributed by atoms with Crippen LogP contribution in [-0.2, 0) is 26.2 Å². The maximum Gasteiger partial charge on any atom is 0.244 e. The van der Waals surface area contributed by atoms with E-state index in [4.69, 9.17) is 11.6 Å². The lowest BCUT2D eigenvalue weighted by molar-refractivity contribution is -0.139. The molecule has 0 radical (unpaired) electrons. The van der Waals surface area contributed by atoms with Gasteiger partial charge in [-0.3, -0.25) is 13.9 Å². The lowest BCUT2D eigenvalue weighted by Crippen LogP contribution is -2.53. The average molecular weight is 534 g/mol. The van der Waals surface area contributed by atoms with E-state index in [0.29, 0.717) is 16.3 Å². The number of rotatable bonds is 9. The number of sulfonamides is 1. The Bertz CT molecular complexity index is 1200. The van der Waals surface area contributed by atoms with Crippen LogP contribution in [0.3, 0.4) is 0 Å². The van der Waals surface area contributed by atoms with Crippen LogP contribution in [0.5, 0.6) is 0 Å². The second kappa shape index (κ2) is 12.1. The van der Waals surface area contributed by atoms with E-state index in [1.54, 1.807) is 31.2 Å². The first-order valence-corrected chi connectivity index (χ1v) is 14.6. The van der Waals surface area contributed by atoms with Crippen molar-refractivity contribution in [2.45, 2.75) is 71.5 Å². The summed E-state index contributed by atoms with van der Waals surface area (Å²) in [7, 11) is -3.77. The molecule has 0 aliphatic heterocycles. The van der Waals surface area contributed by atoms with Gasteiger partial charge in [-0.1, -0.05) is 66.8 Å². The highest BCUT2D eigenvalue weighted by Crippen LogP contribution is 2.25. The van der Waals surface area contributed by atoms with Crippen LogP contribution in [-0.4, -0.2) is 50.0 Å². The summed E-state index contributed by atoms with van der Waals surface area (Å²) in [5, 5.41) is 3.56. The fourth-order valence-electron chi connectivity index (χ4n) is 4.64. The summed E-state index contributed by atoms with van der Waals surface area (Å²) >= 11 is 6.38. The van der Waals surface area contributed by atoms with Gasteiger partial charge >= 0.3 is 0 Å². The van der Waals surface area contributed by atoms with Crippen LogP contribution < -0.4 is 9.62 Å². The lowest BCUT2D eigenvalue weighted by Gasteiger charge is -2.33. The van der Waals surface area contributed by atoms with Gasteiger partial charge in [0.1, 0.15) is 12.6 Å². The standard InChI is InChI=1S/C27H36ClN3O4S/c1-19-14-15-25(20(2)16-19)31(36(4,34)35)18-26(32)30(17-22-10-8-9-13-24(22)28)21(3)27(33)29-23-11-6-5-7-12-23/h8-10,13-16,21,23H,5-7,11-12,17-18H2,1-4H3,(H,29,33)/t21-/m0/s1. The SMILES string of the molecule is Cc1ccc(N(CC(=O)N(Cc2ccccc2Cl)[C@@H](C)C(=O)NC2CCCCC2)S(C)(=O)=O)c(C)c1. The van der Waals surface area contributed by atoms with E-state index >= 15 is 0 Å². The van der Waals surface area contributed by atoms with Gasteiger partial charge in [-0.05, 0) is 56.9 Å². The minimum Gasteiger partial charge on any atom is -0.352 e. The van der Waals surface area contributed by atoms with Gasteiger partial charge in [0.25, 0.3) is 0 Å². The Labute approximate surface area is 219 Å². The molecule has 2 amide bonds. The number of hydrogen-bond donors (Lipinski definition) is 1. The van der Waals surface area contributed by atoms with Crippen LogP contribution in [0, 0.1) is 13.8 Å². The van der Waals surface area contributed by atoms with E-state index in [1.165, 1.54) is 11.3 Å². The summed E-state index contributed by atoms with van der Waals surface area (Å²) in [4.78, 5) is 28.3. The first-order chi connectivity index (χ1) is 17.0. The van der Waals surface area contributed by atoms with Crippen LogP contribution in [0.2, 0.25) is 5.02 Å². The summed E-state index contributed by atoms with van der Waals surface area (Å²) < 4.78 is 26.6. The zero-order valence-electron chi connectivity index (χ0n) is 21.5. The number of aryl methyl sites for hydroxylation is 2. The van der Waals surface area contributed by atoms with Crippen molar-refractivity contribution in [2.24, 2.45) is 0 Å². The fourth-order valence-corrected chi connectivity index (χ4v) is 5.74. The first kappa shape index (κ1) is 28.0. The maximum atomic E-state index is 13.7. The molecule has 1 fully saturated rings. The Kier molecular flexibility index (Phi) is 9.41. The summed E-state index contributed by atoms with van der Waals surface area (Å²) in [6, 6.07) is 11.8. The molecule has 7 nitrogen and oxygen atoms in total. The second-order valence-corrected chi connectivity index (χ2v) is 12.0. The van der Waals surface area contributed by atoms with Crippen molar-refractivity contribution in [1.29, 1.82) is 0 Å². The molecule has 0 spiro atoms. The highest BCUT2D eigenvalue weighted by molar-refractivity contribution is 7.92. The Hall–Kier alpha value is -2.58. The van der Waals surface area contributed by atoms with E-state index in [1.807, 2.05) is 32.0 Å². The van der Waals surface area contributed by atoms with Crippen LogP contribution in [0.1, 0.15) is 55.7 Å². The van der Waals surface area contributed by atoms with Gasteiger partial charge in [0.2, 0.25) is 21.8 Å². The zero-order valence-corrected chi connectivity index (χ0v) is 23.0. The molecule has 1 N–H and O–H groups in total. The largest absolute Gasteiger partial charge is 0.352 e. The second-order valence-electron chi connectivity index (χ2n) is 9.69. The van der Waals surface area contributed by atoms with E-state index < -0.39 is 28.5 Å². The smallest absolute Gasteiger partial charge is 0.244 e. The number of nitrogens with zero attached hydrogens (tertiary/aromatic N) is 2. The molecule has 3 rings (SSSR count). The van der Waals surface area contributed by atoms with Gasteiger partial charge in [0.05, 0.1) is 11.9 Å². The van der Waals surface area contributed by atoms with Crippen molar-refractivity contribution in [3.8, 4) is 0 Å². The van der Waals surface area contributed by atoms with Gasteiger partial charge in [-0.2, -0.15) is 0 Å². The molecule has 0 aromatic heterocycles. The first-order valence-electron chi connectivity index (χ1n) is 12.4. The van der Waals surface area contributed by atoms with E-state index in [2.05, 4.69) is 5.32 Å². The monoisotopic (exact) mass is 533 g/mol. The van der Waals surface area contributed by atoms with Crippen molar-refractivity contribution in [3.05, 3.63) is 64.2 Å². The molecular weight excluding hydrogens is 498 g/mol. The summed E-state index contributed by atoms with van der Waals surface area (Å²) in [5.74, 6) is -0.730. The number of carbonyl (C=O) groups excluding carboxylic acids is 2. The summed E-state index contributed by atoms with van der Waals surface area (Å²) in [5.41, 5.74) is 2.86. The molecule has 9 heteroatoms. The Morgan fingerprint density at radius 3 is 2.36 bits per heavy atom.